The number of nitrogens with zero attached hydrogens (tertiary/aromatic N) is 2. The molecule has 57 heavy (non-hydrogen) atoms. The molecule has 0 aromatic heterocycles. The first kappa shape index (κ1) is 33.2. The Balaban J connectivity index is 1.07. The van der Waals surface area contributed by atoms with Gasteiger partial charge < -0.3 is 9.80 Å². The molecule has 0 saturated carbocycles. The molecule has 0 radical (unpaired) electrons. The largest absolute Gasteiger partial charge is 0.310 e. The van der Waals surface area contributed by atoms with E-state index in [4.69, 9.17) is 0 Å². The summed E-state index contributed by atoms with van der Waals surface area (Å²) < 4.78 is 0. The fraction of sp³-hybridized carbons (Fsp3) is 0.0545. The summed E-state index contributed by atoms with van der Waals surface area (Å²) in [5, 5.41) is 9.83. The lowest BCUT2D eigenvalue weighted by Crippen LogP contribution is -2.18. The van der Waals surface area contributed by atoms with Crippen LogP contribution in [0.2, 0.25) is 0 Å². The minimum Gasteiger partial charge on any atom is -0.310 e. The van der Waals surface area contributed by atoms with Crippen LogP contribution in [0.25, 0.3) is 54.2 Å². The molecule has 0 unspecified atom stereocenters. The van der Waals surface area contributed by atoms with E-state index in [1.165, 1.54) is 76.7 Å². The van der Waals surface area contributed by atoms with Gasteiger partial charge in [0.1, 0.15) is 0 Å². The highest BCUT2D eigenvalue weighted by Gasteiger charge is 2.37. The van der Waals surface area contributed by atoms with Crippen LogP contribution < -0.4 is 9.80 Å². The molecule has 10 aromatic carbocycles. The van der Waals surface area contributed by atoms with Gasteiger partial charge in [0, 0.05) is 38.9 Å². The maximum absolute atomic E-state index is 2.45. The molecule has 0 atom stereocenters. The molecule has 2 heteroatoms. The number of fused-ring (bicyclic) bond motifs is 7. The van der Waals surface area contributed by atoms with Crippen molar-refractivity contribution in [3.05, 3.63) is 217 Å². The molecule has 0 fully saturated rings. The molecule has 270 valence electrons. The van der Waals surface area contributed by atoms with Gasteiger partial charge in [-0.2, -0.15) is 0 Å². The zero-order valence-corrected chi connectivity index (χ0v) is 32.0. The highest BCUT2D eigenvalue weighted by atomic mass is 15.1. The summed E-state index contributed by atoms with van der Waals surface area (Å²) in [5.41, 5.74) is 11.9. The van der Waals surface area contributed by atoms with Crippen LogP contribution in [-0.4, -0.2) is 0 Å². The first-order valence-corrected chi connectivity index (χ1v) is 19.8. The lowest BCUT2D eigenvalue weighted by Gasteiger charge is -2.30. The molecule has 0 amide bonds. The summed E-state index contributed by atoms with van der Waals surface area (Å²) in [6.45, 7) is 4.78. The summed E-state index contributed by atoms with van der Waals surface area (Å²) in [5.74, 6) is 0. The first-order chi connectivity index (χ1) is 28.0. The van der Waals surface area contributed by atoms with Crippen LogP contribution in [0.5, 0.6) is 0 Å². The molecule has 0 N–H and O–H groups in total. The van der Waals surface area contributed by atoms with Crippen molar-refractivity contribution < 1.29 is 0 Å². The van der Waals surface area contributed by atoms with E-state index < -0.39 is 0 Å². The minimum absolute atomic E-state index is 0.252. The maximum atomic E-state index is 2.45. The van der Waals surface area contributed by atoms with Gasteiger partial charge >= 0.3 is 0 Å². The molecule has 0 bridgehead atoms. The topological polar surface area (TPSA) is 6.48 Å². The molecule has 2 nitrogen and oxygen atoms in total. The van der Waals surface area contributed by atoms with Gasteiger partial charge in [-0.1, -0.05) is 159 Å². The number of anilines is 6. The van der Waals surface area contributed by atoms with Crippen LogP contribution in [0.15, 0.2) is 206 Å². The SMILES string of the molecule is CC1(C)c2cc(N(c3ccc4ccccc4c3)c3cccc4ccccc34)ccc2-c2ccc(N(c3ccc4ccccc4c3)c3cccc4ccccc34)cc21. The predicted molar refractivity (Wildman–Crippen MR) is 243 cm³/mol. The van der Waals surface area contributed by atoms with E-state index >= 15 is 0 Å². The third-order valence-corrected chi connectivity index (χ3v) is 12.2. The molecular formula is C55H40N2. The van der Waals surface area contributed by atoms with Crippen LogP contribution in [0, 0.1) is 0 Å². The van der Waals surface area contributed by atoms with Crippen LogP contribution in [0.3, 0.4) is 0 Å². The van der Waals surface area contributed by atoms with E-state index in [0.717, 1.165) is 22.7 Å². The Bertz CT molecular complexity index is 2970. The van der Waals surface area contributed by atoms with E-state index in [-0.39, 0.29) is 5.41 Å². The molecule has 0 saturated heterocycles. The van der Waals surface area contributed by atoms with Gasteiger partial charge in [0.2, 0.25) is 0 Å². The number of rotatable bonds is 6. The van der Waals surface area contributed by atoms with Crippen molar-refractivity contribution in [2.75, 3.05) is 9.80 Å². The second-order valence-corrected chi connectivity index (χ2v) is 15.8. The van der Waals surface area contributed by atoms with Crippen molar-refractivity contribution in [2.24, 2.45) is 0 Å². The quantitative estimate of drug-likeness (QED) is 0.168. The molecule has 1 aliphatic carbocycles. The van der Waals surface area contributed by atoms with E-state index in [1.807, 2.05) is 0 Å². The third-order valence-electron chi connectivity index (χ3n) is 12.2. The Morgan fingerprint density at radius 3 is 1.11 bits per heavy atom. The molecular weight excluding hydrogens is 689 g/mol. The van der Waals surface area contributed by atoms with Crippen LogP contribution in [0.1, 0.15) is 25.0 Å². The van der Waals surface area contributed by atoms with Crippen molar-refractivity contribution in [3.63, 3.8) is 0 Å². The first-order valence-electron chi connectivity index (χ1n) is 19.8. The highest BCUT2D eigenvalue weighted by Crippen LogP contribution is 2.53. The van der Waals surface area contributed by atoms with E-state index in [2.05, 4.69) is 230 Å². The predicted octanol–water partition coefficient (Wildman–Crippen LogP) is 15.5. The monoisotopic (exact) mass is 728 g/mol. The second kappa shape index (κ2) is 13.0. The van der Waals surface area contributed by atoms with Gasteiger partial charge in [0.05, 0.1) is 11.4 Å². The summed E-state index contributed by atoms with van der Waals surface area (Å²) in [4.78, 5) is 4.89. The van der Waals surface area contributed by atoms with Crippen LogP contribution in [0.4, 0.5) is 34.1 Å². The van der Waals surface area contributed by atoms with Crippen molar-refractivity contribution in [3.8, 4) is 11.1 Å². The molecule has 10 aromatic rings. The fourth-order valence-electron chi connectivity index (χ4n) is 9.28. The number of hydrogen-bond acceptors (Lipinski definition) is 2. The van der Waals surface area contributed by atoms with Crippen molar-refractivity contribution in [1.29, 1.82) is 0 Å². The Morgan fingerprint density at radius 1 is 0.298 bits per heavy atom. The average molecular weight is 729 g/mol. The summed E-state index contributed by atoms with van der Waals surface area (Å²) in [6, 6.07) is 75.8. The maximum Gasteiger partial charge on any atom is 0.0540 e. The highest BCUT2D eigenvalue weighted by molar-refractivity contribution is 6.02. The van der Waals surface area contributed by atoms with Gasteiger partial charge in [-0.25, -0.2) is 0 Å². The Kier molecular flexibility index (Phi) is 7.55. The average Bonchev–Trinajstić information content (AvgIpc) is 3.48. The third kappa shape index (κ3) is 5.40. The standard InChI is InChI=1S/C55H40N2/c1-55(2)51-35-45(56(43-27-25-37-13-3-5-17-41(37)33-43)53-23-11-19-39-15-7-9-21-47(39)53)29-31-49(51)50-32-30-46(36-52(50)55)57(44-28-26-38-14-4-6-18-42(38)34-44)54-24-12-20-40-16-8-10-22-48(40)54/h3-36H,1-2H3. The van der Waals surface area contributed by atoms with Gasteiger partial charge in [-0.15, -0.1) is 0 Å². The Hall–Kier alpha value is -7.16. The lowest BCUT2D eigenvalue weighted by molar-refractivity contribution is 0.660. The van der Waals surface area contributed by atoms with Gasteiger partial charge in [-0.3, -0.25) is 0 Å². The zero-order valence-electron chi connectivity index (χ0n) is 32.0. The van der Waals surface area contributed by atoms with E-state index in [0.29, 0.717) is 0 Å². The molecule has 0 spiro atoms. The Labute approximate surface area is 333 Å². The lowest BCUT2D eigenvalue weighted by atomic mass is 9.82. The van der Waals surface area contributed by atoms with E-state index in [9.17, 15) is 0 Å². The Morgan fingerprint density at radius 2 is 0.649 bits per heavy atom. The normalized spacial score (nSPS) is 12.9. The van der Waals surface area contributed by atoms with Crippen LogP contribution >= 0.6 is 0 Å². The summed E-state index contributed by atoms with van der Waals surface area (Å²) in [7, 11) is 0. The molecule has 0 aliphatic heterocycles. The smallest absolute Gasteiger partial charge is 0.0540 e. The molecule has 1 aliphatic rings. The minimum atomic E-state index is -0.252. The van der Waals surface area contributed by atoms with Crippen molar-refractivity contribution in [2.45, 2.75) is 19.3 Å². The van der Waals surface area contributed by atoms with Crippen molar-refractivity contribution in [1.82, 2.24) is 0 Å². The zero-order chi connectivity index (χ0) is 38.1. The molecule has 11 rings (SSSR count). The number of hydrogen-bond donors (Lipinski definition) is 0. The summed E-state index contributed by atoms with van der Waals surface area (Å²) >= 11 is 0. The molecule has 0 heterocycles. The van der Waals surface area contributed by atoms with Gasteiger partial charge in [-0.05, 0) is 115 Å². The number of benzene rings is 10. The fourth-order valence-corrected chi connectivity index (χ4v) is 9.28. The summed E-state index contributed by atoms with van der Waals surface area (Å²) in [6.07, 6.45) is 0. The van der Waals surface area contributed by atoms with Gasteiger partial charge in [0.25, 0.3) is 0 Å². The second-order valence-electron chi connectivity index (χ2n) is 15.8. The van der Waals surface area contributed by atoms with E-state index in [1.54, 1.807) is 0 Å². The van der Waals surface area contributed by atoms with Gasteiger partial charge in [0.15, 0.2) is 0 Å². The van der Waals surface area contributed by atoms with Crippen LogP contribution in [-0.2, 0) is 5.41 Å². The van der Waals surface area contributed by atoms with Crippen molar-refractivity contribution >= 4 is 77.2 Å².